The van der Waals surface area contributed by atoms with Gasteiger partial charge >= 0.3 is 11.9 Å². The second kappa shape index (κ2) is 4.54. The Morgan fingerprint density at radius 2 is 2.17 bits per heavy atom. The Kier molecular flexibility index (Phi) is 2.57. The van der Waals surface area contributed by atoms with E-state index in [2.05, 4.69) is 4.98 Å². The molecule has 0 amide bonds. The van der Waals surface area contributed by atoms with Crippen molar-refractivity contribution in [1.82, 2.24) is 4.98 Å². The number of hydrogen-bond donors (Lipinski definition) is 0. The van der Waals surface area contributed by atoms with Crippen LogP contribution in [0.15, 0.2) is 36.5 Å². The molecule has 5 atom stereocenters. The molecule has 3 fully saturated rings. The first-order chi connectivity index (χ1) is 11.2. The van der Waals surface area contributed by atoms with E-state index >= 15 is 0 Å². The zero-order valence-corrected chi connectivity index (χ0v) is 12.3. The van der Waals surface area contributed by atoms with E-state index < -0.39 is 0 Å². The molecule has 1 aromatic carbocycles. The first-order valence-corrected chi connectivity index (χ1v) is 7.97. The summed E-state index contributed by atoms with van der Waals surface area (Å²) in [5, 5.41) is 0.905. The van der Waals surface area contributed by atoms with Crippen LogP contribution in [0, 0.1) is 17.8 Å². The average molecular weight is 309 g/mol. The van der Waals surface area contributed by atoms with E-state index in [0.29, 0.717) is 5.56 Å². The van der Waals surface area contributed by atoms with Gasteiger partial charge in [0.2, 0.25) is 0 Å². The number of esters is 2. The number of pyridine rings is 1. The third-order valence-electron chi connectivity index (χ3n) is 5.50. The summed E-state index contributed by atoms with van der Waals surface area (Å²) in [4.78, 5) is 28.5. The molecular formula is C18H15NO4. The van der Waals surface area contributed by atoms with Crippen molar-refractivity contribution < 1.29 is 19.1 Å². The van der Waals surface area contributed by atoms with Gasteiger partial charge in [-0.05, 0) is 37.1 Å². The maximum absolute atomic E-state index is 12.5. The molecule has 0 unspecified atom stereocenters. The van der Waals surface area contributed by atoms with Crippen molar-refractivity contribution in [2.24, 2.45) is 17.8 Å². The molecule has 2 saturated carbocycles. The van der Waals surface area contributed by atoms with Gasteiger partial charge in [0, 0.05) is 23.4 Å². The lowest BCUT2D eigenvalue weighted by molar-refractivity contribution is -0.146. The molecule has 116 valence electrons. The van der Waals surface area contributed by atoms with E-state index in [1.165, 1.54) is 0 Å². The maximum Gasteiger partial charge on any atom is 0.338 e. The Balaban J connectivity index is 1.40. The second-order valence-electron chi connectivity index (χ2n) is 6.68. The molecule has 5 nitrogen and oxygen atoms in total. The van der Waals surface area contributed by atoms with Gasteiger partial charge in [0.25, 0.3) is 0 Å². The van der Waals surface area contributed by atoms with Crippen LogP contribution in [0.2, 0.25) is 0 Å². The topological polar surface area (TPSA) is 65.5 Å². The number of aromatic nitrogens is 1. The quantitative estimate of drug-likeness (QED) is 0.797. The van der Waals surface area contributed by atoms with E-state index in [-0.39, 0.29) is 41.9 Å². The van der Waals surface area contributed by atoms with Crippen molar-refractivity contribution in [2.75, 3.05) is 0 Å². The van der Waals surface area contributed by atoms with Crippen LogP contribution in [0.4, 0.5) is 0 Å². The summed E-state index contributed by atoms with van der Waals surface area (Å²) >= 11 is 0. The summed E-state index contributed by atoms with van der Waals surface area (Å²) in [7, 11) is 0. The predicted molar refractivity (Wildman–Crippen MR) is 80.5 cm³/mol. The summed E-state index contributed by atoms with van der Waals surface area (Å²) in [6.07, 6.45) is 2.91. The lowest BCUT2D eigenvalue weighted by Gasteiger charge is -2.25. The normalized spacial score (nSPS) is 33.9. The van der Waals surface area contributed by atoms with E-state index in [4.69, 9.17) is 9.47 Å². The van der Waals surface area contributed by atoms with Crippen LogP contribution in [0.5, 0.6) is 0 Å². The molecule has 2 heterocycles. The molecule has 1 saturated heterocycles. The number of hydrogen-bond acceptors (Lipinski definition) is 5. The Morgan fingerprint density at radius 3 is 3.09 bits per heavy atom. The van der Waals surface area contributed by atoms with E-state index in [1.807, 2.05) is 18.2 Å². The third-order valence-corrected chi connectivity index (χ3v) is 5.50. The number of nitrogens with zero attached hydrogens (tertiary/aromatic N) is 1. The van der Waals surface area contributed by atoms with Crippen molar-refractivity contribution in [3.63, 3.8) is 0 Å². The van der Waals surface area contributed by atoms with Crippen molar-refractivity contribution >= 4 is 22.8 Å². The molecule has 0 N–H and O–H groups in total. The molecule has 2 bridgehead atoms. The van der Waals surface area contributed by atoms with Gasteiger partial charge in [0.05, 0.1) is 17.0 Å². The smallest absolute Gasteiger partial charge is 0.338 e. The van der Waals surface area contributed by atoms with Crippen molar-refractivity contribution in [1.29, 1.82) is 0 Å². The predicted octanol–water partition coefficient (Wildman–Crippen LogP) is 2.34. The molecule has 3 aliphatic rings. The fourth-order valence-electron chi connectivity index (χ4n) is 4.46. The summed E-state index contributed by atoms with van der Waals surface area (Å²) in [6.45, 7) is 0. The molecule has 2 aromatic rings. The van der Waals surface area contributed by atoms with Crippen LogP contribution in [-0.2, 0) is 14.3 Å². The minimum atomic E-state index is -0.354. The third kappa shape index (κ3) is 1.82. The Hall–Kier alpha value is -2.43. The largest absolute Gasteiger partial charge is 0.458 e. The summed E-state index contributed by atoms with van der Waals surface area (Å²) in [6, 6.07) is 9.10. The number of fused-ring (bicyclic) bond motifs is 2. The molecule has 5 heteroatoms. The van der Waals surface area contributed by atoms with Crippen molar-refractivity contribution in [2.45, 2.75) is 25.0 Å². The zero-order valence-electron chi connectivity index (χ0n) is 12.3. The minimum Gasteiger partial charge on any atom is -0.458 e. The number of carbonyl (C=O) groups is 2. The number of ether oxygens (including phenoxy) is 2. The van der Waals surface area contributed by atoms with E-state index in [1.54, 1.807) is 18.3 Å². The molecule has 0 spiro atoms. The van der Waals surface area contributed by atoms with Gasteiger partial charge in [0.15, 0.2) is 0 Å². The molecule has 5 rings (SSSR count). The molecule has 1 aromatic heterocycles. The first-order valence-electron chi connectivity index (χ1n) is 7.97. The number of carbonyl (C=O) groups excluding carboxylic acids is 2. The highest BCUT2D eigenvalue weighted by Crippen LogP contribution is 2.55. The van der Waals surface area contributed by atoms with E-state index in [0.717, 1.165) is 23.7 Å². The Bertz CT molecular complexity index is 833. The molecule has 2 aliphatic carbocycles. The zero-order chi connectivity index (χ0) is 15.6. The SMILES string of the molecule is O=C(O[C@@H]1[C@@H]2C[C@@H]3[C@H]1OC(=O)[C@@H]3C2)c1ccc2ncccc2c1. The highest BCUT2D eigenvalue weighted by Gasteiger charge is 2.63. The molecule has 23 heavy (non-hydrogen) atoms. The van der Waals surface area contributed by atoms with Crippen LogP contribution in [-0.4, -0.2) is 29.1 Å². The summed E-state index contributed by atoms with van der Waals surface area (Å²) in [5.74, 6) is 0.0657. The van der Waals surface area contributed by atoms with Crippen LogP contribution in [0.1, 0.15) is 23.2 Å². The van der Waals surface area contributed by atoms with Crippen LogP contribution in [0.25, 0.3) is 10.9 Å². The first kappa shape index (κ1) is 13.0. The van der Waals surface area contributed by atoms with Gasteiger partial charge in [-0.25, -0.2) is 4.79 Å². The van der Waals surface area contributed by atoms with Gasteiger partial charge in [-0.1, -0.05) is 6.07 Å². The number of benzene rings is 1. The van der Waals surface area contributed by atoms with Crippen LogP contribution < -0.4 is 0 Å². The van der Waals surface area contributed by atoms with Crippen molar-refractivity contribution in [3.05, 3.63) is 42.1 Å². The summed E-state index contributed by atoms with van der Waals surface area (Å²) < 4.78 is 11.2. The molecule has 0 radical (unpaired) electrons. The minimum absolute atomic E-state index is 0.0340. The fraction of sp³-hybridized carbons (Fsp3) is 0.389. The van der Waals surface area contributed by atoms with Gasteiger partial charge < -0.3 is 9.47 Å². The highest BCUT2D eigenvalue weighted by atomic mass is 16.6. The highest BCUT2D eigenvalue weighted by molar-refractivity contribution is 5.94. The van der Waals surface area contributed by atoms with Crippen LogP contribution in [0.3, 0.4) is 0 Å². The lowest BCUT2D eigenvalue weighted by Crippen LogP contribution is -2.36. The molecule has 1 aliphatic heterocycles. The maximum atomic E-state index is 12.5. The number of rotatable bonds is 2. The van der Waals surface area contributed by atoms with Gasteiger partial charge in [-0.2, -0.15) is 0 Å². The van der Waals surface area contributed by atoms with Gasteiger partial charge in [-0.15, -0.1) is 0 Å². The van der Waals surface area contributed by atoms with Crippen molar-refractivity contribution in [3.8, 4) is 0 Å². The second-order valence-corrected chi connectivity index (χ2v) is 6.68. The van der Waals surface area contributed by atoms with Crippen LogP contribution >= 0.6 is 0 Å². The van der Waals surface area contributed by atoms with Gasteiger partial charge in [0.1, 0.15) is 12.2 Å². The van der Waals surface area contributed by atoms with E-state index in [9.17, 15) is 9.59 Å². The standard InChI is InChI=1S/C18H15NO4/c20-17(10-3-4-14-9(6-10)2-1-5-19-14)22-15-11-7-12-13(8-11)18(21)23-16(12)15/h1-6,11-13,15-16H,7-8H2/t11-,12+,13-,15-,16-/m1/s1. The molecular weight excluding hydrogens is 294 g/mol. The average Bonchev–Trinajstić information content (AvgIpc) is 3.19. The Labute approximate surface area is 132 Å². The summed E-state index contributed by atoms with van der Waals surface area (Å²) in [5.41, 5.74) is 1.35. The fourth-order valence-corrected chi connectivity index (χ4v) is 4.46. The Morgan fingerprint density at radius 1 is 1.26 bits per heavy atom. The van der Waals surface area contributed by atoms with Gasteiger partial charge in [-0.3, -0.25) is 9.78 Å². The lowest BCUT2D eigenvalue weighted by atomic mass is 9.88. The monoisotopic (exact) mass is 309 g/mol.